The lowest BCUT2D eigenvalue weighted by Crippen LogP contribution is -2.40. The van der Waals surface area contributed by atoms with Gasteiger partial charge in [-0.3, -0.25) is 0 Å². The first-order valence-corrected chi connectivity index (χ1v) is 5.45. The predicted molar refractivity (Wildman–Crippen MR) is 59.4 cm³/mol. The van der Waals surface area contributed by atoms with Crippen LogP contribution >= 0.6 is 11.3 Å². The highest BCUT2D eigenvalue weighted by Gasteiger charge is 2.34. The zero-order valence-corrected chi connectivity index (χ0v) is 9.02. The predicted octanol–water partition coefficient (Wildman–Crippen LogP) is 3.34. The van der Waals surface area contributed by atoms with Crippen molar-refractivity contribution in [2.24, 2.45) is 5.73 Å². The van der Waals surface area contributed by atoms with E-state index in [4.69, 9.17) is 5.73 Å². The van der Waals surface area contributed by atoms with Crippen LogP contribution in [-0.4, -0.2) is 6.43 Å². The molecular formula is C11H11F2NS. The molecule has 1 aromatic heterocycles. The zero-order chi connectivity index (χ0) is 11.1. The van der Waals surface area contributed by atoms with Crippen molar-refractivity contribution in [2.75, 3.05) is 0 Å². The molecule has 1 heterocycles. The Bertz CT molecular complexity index is 476. The number of benzene rings is 1. The number of alkyl halides is 2. The van der Waals surface area contributed by atoms with Gasteiger partial charge in [0.05, 0.1) is 0 Å². The lowest BCUT2D eigenvalue weighted by atomic mass is 9.93. The van der Waals surface area contributed by atoms with Crippen molar-refractivity contribution in [2.45, 2.75) is 18.9 Å². The van der Waals surface area contributed by atoms with E-state index < -0.39 is 12.0 Å². The van der Waals surface area contributed by atoms with Crippen LogP contribution in [0, 0.1) is 0 Å². The van der Waals surface area contributed by atoms with Crippen molar-refractivity contribution in [3.05, 3.63) is 35.2 Å². The number of nitrogens with two attached hydrogens (primary N) is 1. The maximum Gasteiger partial charge on any atom is 0.260 e. The Labute approximate surface area is 90.5 Å². The lowest BCUT2D eigenvalue weighted by molar-refractivity contribution is 0.0635. The Morgan fingerprint density at radius 1 is 1.33 bits per heavy atom. The Balaban J connectivity index is 2.62. The van der Waals surface area contributed by atoms with Crippen molar-refractivity contribution in [1.82, 2.24) is 0 Å². The van der Waals surface area contributed by atoms with Gasteiger partial charge in [0, 0.05) is 4.70 Å². The monoisotopic (exact) mass is 227 g/mol. The van der Waals surface area contributed by atoms with Crippen LogP contribution in [0.15, 0.2) is 29.6 Å². The number of halogens is 2. The third-order valence-corrected chi connectivity index (χ3v) is 3.48. The molecule has 4 heteroatoms. The van der Waals surface area contributed by atoms with E-state index >= 15 is 0 Å². The maximum atomic E-state index is 12.8. The summed E-state index contributed by atoms with van der Waals surface area (Å²) in [6.45, 7) is 1.37. The SMILES string of the molecule is CC(N)(c1csc2ccccc12)C(F)F. The molecule has 2 aromatic rings. The zero-order valence-electron chi connectivity index (χ0n) is 8.21. The normalized spacial score (nSPS) is 15.8. The molecule has 0 saturated carbocycles. The molecule has 1 unspecified atom stereocenters. The minimum absolute atomic E-state index is 0.526. The van der Waals surface area contributed by atoms with Gasteiger partial charge in [-0.2, -0.15) is 0 Å². The van der Waals surface area contributed by atoms with E-state index in [9.17, 15) is 8.78 Å². The summed E-state index contributed by atoms with van der Waals surface area (Å²) in [4.78, 5) is 0. The average molecular weight is 227 g/mol. The van der Waals surface area contributed by atoms with Crippen molar-refractivity contribution in [1.29, 1.82) is 0 Å². The van der Waals surface area contributed by atoms with Gasteiger partial charge in [0.2, 0.25) is 0 Å². The van der Waals surface area contributed by atoms with Crippen LogP contribution in [-0.2, 0) is 5.54 Å². The van der Waals surface area contributed by atoms with E-state index in [0.717, 1.165) is 10.1 Å². The van der Waals surface area contributed by atoms with Crippen LogP contribution in [0.2, 0.25) is 0 Å². The summed E-state index contributed by atoms with van der Waals surface area (Å²) in [5.41, 5.74) is 4.60. The fourth-order valence-electron chi connectivity index (χ4n) is 1.51. The molecule has 0 fully saturated rings. The molecule has 1 nitrogen and oxygen atoms in total. The van der Waals surface area contributed by atoms with Crippen molar-refractivity contribution < 1.29 is 8.78 Å². The summed E-state index contributed by atoms with van der Waals surface area (Å²) in [6.07, 6.45) is -2.56. The van der Waals surface area contributed by atoms with Gasteiger partial charge in [-0.05, 0) is 29.3 Å². The number of rotatable bonds is 2. The molecule has 0 aliphatic carbocycles. The van der Waals surface area contributed by atoms with E-state index in [1.54, 1.807) is 5.38 Å². The second-order valence-corrected chi connectivity index (χ2v) is 4.64. The molecule has 2 N–H and O–H groups in total. The molecule has 0 amide bonds. The van der Waals surface area contributed by atoms with Crippen LogP contribution in [0.5, 0.6) is 0 Å². The third-order valence-electron chi connectivity index (χ3n) is 2.51. The second-order valence-electron chi connectivity index (χ2n) is 3.73. The number of hydrogen-bond donors (Lipinski definition) is 1. The molecule has 1 atom stereocenters. The fourth-order valence-corrected chi connectivity index (χ4v) is 2.60. The number of hydrogen-bond acceptors (Lipinski definition) is 2. The van der Waals surface area contributed by atoms with Crippen molar-refractivity contribution >= 4 is 21.4 Å². The van der Waals surface area contributed by atoms with Gasteiger partial charge in [-0.1, -0.05) is 18.2 Å². The molecule has 0 spiro atoms. The highest BCUT2D eigenvalue weighted by molar-refractivity contribution is 7.17. The first kappa shape index (κ1) is 10.5. The quantitative estimate of drug-likeness (QED) is 0.836. The Kier molecular flexibility index (Phi) is 2.48. The minimum Gasteiger partial charge on any atom is -0.317 e. The molecule has 0 bridgehead atoms. The highest BCUT2D eigenvalue weighted by atomic mass is 32.1. The minimum atomic E-state index is -2.56. The Hall–Kier alpha value is -1.00. The van der Waals surface area contributed by atoms with Crippen LogP contribution in [0.1, 0.15) is 12.5 Å². The molecular weight excluding hydrogens is 216 g/mol. The first-order chi connectivity index (χ1) is 7.03. The number of thiophene rings is 1. The molecule has 2 rings (SSSR count). The molecule has 1 aromatic carbocycles. The van der Waals surface area contributed by atoms with Gasteiger partial charge in [0.15, 0.2) is 0 Å². The topological polar surface area (TPSA) is 26.0 Å². The molecule has 80 valence electrons. The van der Waals surface area contributed by atoms with Crippen LogP contribution < -0.4 is 5.73 Å². The largest absolute Gasteiger partial charge is 0.317 e. The van der Waals surface area contributed by atoms with E-state index in [1.807, 2.05) is 24.3 Å². The lowest BCUT2D eigenvalue weighted by Gasteiger charge is -2.23. The molecule has 0 saturated heterocycles. The van der Waals surface area contributed by atoms with Gasteiger partial charge >= 0.3 is 0 Å². The van der Waals surface area contributed by atoms with Gasteiger partial charge in [-0.25, -0.2) is 8.78 Å². The van der Waals surface area contributed by atoms with E-state index in [1.165, 1.54) is 18.3 Å². The van der Waals surface area contributed by atoms with Gasteiger partial charge in [0.25, 0.3) is 6.43 Å². The molecule has 15 heavy (non-hydrogen) atoms. The fraction of sp³-hybridized carbons (Fsp3) is 0.273. The third kappa shape index (κ3) is 1.64. The molecule has 0 aliphatic rings. The van der Waals surface area contributed by atoms with E-state index in [-0.39, 0.29) is 0 Å². The first-order valence-electron chi connectivity index (χ1n) is 4.57. The Morgan fingerprint density at radius 3 is 2.67 bits per heavy atom. The summed E-state index contributed by atoms with van der Waals surface area (Å²) >= 11 is 1.44. The average Bonchev–Trinajstić information content (AvgIpc) is 2.61. The van der Waals surface area contributed by atoms with Crippen molar-refractivity contribution in [3.63, 3.8) is 0 Å². The maximum absolute atomic E-state index is 12.8. The standard InChI is InChI=1S/C11H11F2NS/c1-11(14,10(12)13)8-6-15-9-5-3-2-4-7(8)9/h2-6,10H,14H2,1H3. The highest BCUT2D eigenvalue weighted by Crippen LogP contribution is 2.35. The molecule has 0 radical (unpaired) electrons. The van der Waals surface area contributed by atoms with E-state index in [2.05, 4.69) is 0 Å². The molecule has 0 aliphatic heterocycles. The van der Waals surface area contributed by atoms with Gasteiger partial charge in [-0.15, -0.1) is 11.3 Å². The van der Waals surface area contributed by atoms with Gasteiger partial charge in [0.1, 0.15) is 5.54 Å². The Morgan fingerprint density at radius 2 is 2.00 bits per heavy atom. The summed E-state index contributed by atoms with van der Waals surface area (Å²) in [5, 5.41) is 2.55. The number of fused-ring (bicyclic) bond motifs is 1. The van der Waals surface area contributed by atoms with Crippen LogP contribution in [0.3, 0.4) is 0 Å². The second kappa shape index (κ2) is 3.54. The summed E-state index contributed by atoms with van der Waals surface area (Å²) in [7, 11) is 0. The summed E-state index contributed by atoms with van der Waals surface area (Å²) < 4.78 is 26.6. The van der Waals surface area contributed by atoms with Crippen LogP contribution in [0.4, 0.5) is 8.78 Å². The van der Waals surface area contributed by atoms with Crippen LogP contribution in [0.25, 0.3) is 10.1 Å². The van der Waals surface area contributed by atoms with E-state index in [0.29, 0.717) is 5.56 Å². The van der Waals surface area contributed by atoms with Crippen molar-refractivity contribution in [3.8, 4) is 0 Å². The van der Waals surface area contributed by atoms with Gasteiger partial charge < -0.3 is 5.73 Å². The summed E-state index contributed by atoms with van der Waals surface area (Å²) in [6, 6.07) is 7.46. The summed E-state index contributed by atoms with van der Waals surface area (Å²) in [5.74, 6) is 0. The smallest absolute Gasteiger partial charge is 0.260 e.